The molecule has 0 bridgehead atoms. The van der Waals surface area contributed by atoms with Crippen LogP contribution in [0, 0.1) is 5.82 Å². The van der Waals surface area contributed by atoms with Crippen LogP contribution in [0.1, 0.15) is 0 Å². The summed E-state index contributed by atoms with van der Waals surface area (Å²) in [5, 5.41) is 0.817. The Morgan fingerprint density at radius 3 is 2.72 bits per heavy atom. The Morgan fingerprint density at radius 1 is 1.17 bits per heavy atom. The van der Waals surface area contributed by atoms with Gasteiger partial charge >= 0.3 is 0 Å². The second kappa shape index (κ2) is 4.38. The number of thiazole rings is 1. The first-order valence-electron chi connectivity index (χ1n) is 5.47. The molecule has 0 atom stereocenters. The van der Waals surface area contributed by atoms with Gasteiger partial charge in [-0.3, -0.25) is 0 Å². The highest BCUT2D eigenvalue weighted by atomic mass is 32.1. The van der Waals surface area contributed by atoms with Gasteiger partial charge in [0.05, 0.1) is 17.3 Å². The normalized spacial score (nSPS) is 10.8. The molecular formula is C14H10FNOS. The third kappa shape index (κ3) is 1.84. The number of fused-ring (bicyclic) bond motifs is 1. The molecule has 0 aliphatic rings. The van der Waals surface area contributed by atoms with Gasteiger partial charge in [-0.15, -0.1) is 11.3 Å². The van der Waals surface area contributed by atoms with Gasteiger partial charge < -0.3 is 4.74 Å². The summed E-state index contributed by atoms with van der Waals surface area (Å²) in [7, 11) is 1.45. The molecular weight excluding hydrogens is 249 g/mol. The molecule has 3 rings (SSSR count). The fourth-order valence-corrected chi connectivity index (χ4v) is 2.76. The SMILES string of the molecule is COc1ccc(-c2nc3ccccc3s2)cc1F. The van der Waals surface area contributed by atoms with Crippen molar-refractivity contribution in [3.63, 3.8) is 0 Å². The molecule has 3 aromatic rings. The molecule has 0 saturated heterocycles. The molecule has 18 heavy (non-hydrogen) atoms. The van der Waals surface area contributed by atoms with Crippen molar-refractivity contribution in [1.82, 2.24) is 4.98 Å². The van der Waals surface area contributed by atoms with Gasteiger partial charge in [0.1, 0.15) is 5.01 Å². The molecule has 0 aliphatic heterocycles. The molecule has 4 heteroatoms. The van der Waals surface area contributed by atoms with Crippen molar-refractivity contribution in [1.29, 1.82) is 0 Å². The fourth-order valence-electron chi connectivity index (χ4n) is 1.80. The van der Waals surface area contributed by atoms with Crippen molar-refractivity contribution in [2.45, 2.75) is 0 Å². The summed E-state index contributed by atoms with van der Waals surface area (Å²) in [6, 6.07) is 12.8. The molecule has 0 aliphatic carbocycles. The first kappa shape index (κ1) is 11.2. The van der Waals surface area contributed by atoms with Crippen molar-refractivity contribution < 1.29 is 9.13 Å². The first-order valence-corrected chi connectivity index (χ1v) is 6.29. The number of aromatic nitrogens is 1. The summed E-state index contributed by atoms with van der Waals surface area (Å²) in [6.07, 6.45) is 0. The van der Waals surface area contributed by atoms with Crippen LogP contribution in [0.15, 0.2) is 42.5 Å². The van der Waals surface area contributed by atoms with E-state index in [1.807, 2.05) is 30.3 Å². The predicted molar refractivity (Wildman–Crippen MR) is 71.6 cm³/mol. The van der Waals surface area contributed by atoms with E-state index in [4.69, 9.17) is 4.74 Å². The zero-order valence-corrected chi connectivity index (χ0v) is 10.5. The molecule has 0 amide bonds. The van der Waals surface area contributed by atoms with Gasteiger partial charge in [0, 0.05) is 5.56 Å². The lowest BCUT2D eigenvalue weighted by Crippen LogP contribution is -1.88. The van der Waals surface area contributed by atoms with E-state index in [0.717, 1.165) is 20.8 Å². The van der Waals surface area contributed by atoms with Crippen LogP contribution in [0.25, 0.3) is 20.8 Å². The van der Waals surface area contributed by atoms with Crippen LogP contribution in [0.4, 0.5) is 4.39 Å². The fraction of sp³-hybridized carbons (Fsp3) is 0.0714. The molecule has 0 N–H and O–H groups in total. The Balaban J connectivity index is 2.11. The van der Waals surface area contributed by atoms with Crippen molar-refractivity contribution in [2.75, 3.05) is 7.11 Å². The maximum absolute atomic E-state index is 13.6. The zero-order valence-electron chi connectivity index (χ0n) is 9.68. The number of ether oxygens (including phenoxy) is 1. The lowest BCUT2D eigenvalue weighted by molar-refractivity contribution is 0.386. The Kier molecular flexibility index (Phi) is 2.72. The van der Waals surface area contributed by atoms with Crippen LogP contribution in [0.3, 0.4) is 0 Å². The molecule has 0 radical (unpaired) electrons. The quantitative estimate of drug-likeness (QED) is 0.691. The summed E-state index contributed by atoms with van der Waals surface area (Å²) < 4.78 is 19.6. The summed E-state index contributed by atoms with van der Waals surface area (Å²) in [6.45, 7) is 0. The number of methoxy groups -OCH3 is 1. The second-order valence-electron chi connectivity index (χ2n) is 3.84. The average Bonchev–Trinajstić information content (AvgIpc) is 2.82. The molecule has 0 unspecified atom stereocenters. The minimum Gasteiger partial charge on any atom is -0.494 e. The summed E-state index contributed by atoms with van der Waals surface area (Å²) in [5.41, 5.74) is 1.71. The van der Waals surface area contributed by atoms with Gasteiger partial charge in [-0.05, 0) is 30.3 Å². The van der Waals surface area contributed by atoms with E-state index in [-0.39, 0.29) is 11.6 Å². The van der Waals surface area contributed by atoms with Gasteiger partial charge in [-0.1, -0.05) is 12.1 Å². The van der Waals surface area contributed by atoms with Gasteiger partial charge in [0.25, 0.3) is 0 Å². The molecule has 0 fully saturated rings. The smallest absolute Gasteiger partial charge is 0.165 e. The number of benzene rings is 2. The Hall–Kier alpha value is -1.94. The number of halogens is 1. The molecule has 2 nitrogen and oxygen atoms in total. The van der Waals surface area contributed by atoms with Crippen molar-refractivity contribution in [2.24, 2.45) is 0 Å². The van der Waals surface area contributed by atoms with E-state index in [9.17, 15) is 4.39 Å². The average molecular weight is 259 g/mol. The summed E-state index contributed by atoms with van der Waals surface area (Å²) in [5.74, 6) is -0.117. The van der Waals surface area contributed by atoms with E-state index < -0.39 is 0 Å². The number of hydrogen-bond acceptors (Lipinski definition) is 3. The highest BCUT2D eigenvalue weighted by molar-refractivity contribution is 7.21. The van der Waals surface area contributed by atoms with E-state index in [1.54, 1.807) is 17.4 Å². The maximum Gasteiger partial charge on any atom is 0.165 e. The van der Waals surface area contributed by atoms with E-state index in [1.165, 1.54) is 13.2 Å². The van der Waals surface area contributed by atoms with Crippen LogP contribution in [0.2, 0.25) is 0 Å². The molecule has 0 saturated carbocycles. The van der Waals surface area contributed by atoms with Crippen molar-refractivity contribution in [3.8, 4) is 16.3 Å². The monoisotopic (exact) mass is 259 g/mol. The number of nitrogens with zero attached hydrogens (tertiary/aromatic N) is 1. The summed E-state index contributed by atoms with van der Waals surface area (Å²) >= 11 is 1.55. The van der Waals surface area contributed by atoms with E-state index in [0.29, 0.717) is 0 Å². The largest absolute Gasteiger partial charge is 0.494 e. The molecule has 90 valence electrons. The minimum absolute atomic E-state index is 0.250. The molecule has 0 spiro atoms. The van der Waals surface area contributed by atoms with Crippen LogP contribution in [-0.4, -0.2) is 12.1 Å². The van der Waals surface area contributed by atoms with E-state index >= 15 is 0 Å². The topological polar surface area (TPSA) is 22.1 Å². The molecule has 1 heterocycles. The third-order valence-electron chi connectivity index (χ3n) is 2.69. The van der Waals surface area contributed by atoms with Crippen LogP contribution in [0.5, 0.6) is 5.75 Å². The van der Waals surface area contributed by atoms with Crippen LogP contribution >= 0.6 is 11.3 Å². The number of para-hydroxylation sites is 1. The lowest BCUT2D eigenvalue weighted by atomic mass is 10.2. The first-order chi connectivity index (χ1) is 8.78. The Bertz CT molecular complexity index is 675. The number of hydrogen-bond donors (Lipinski definition) is 0. The highest BCUT2D eigenvalue weighted by Crippen LogP contribution is 2.31. The molecule has 1 aromatic heterocycles. The van der Waals surface area contributed by atoms with Gasteiger partial charge in [-0.2, -0.15) is 0 Å². The lowest BCUT2D eigenvalue weighted by Gasteiger charge is -2.02. The predicted octanol–water partition coefficient (Wildman–Crippen LogP) is 4.11. The zero-order chi connectivity index (χ0) is 12.5. The van der Waals surface area contributed by atoms with Gasteiger partial charge in [-0.25, -0.2) is 9.37 Å². The third-order valence-corrected chi connectivity index (χ3v) is 3.78. The summed E-state index contributed by atoms with van der Waals surface area (Å²) in [4.78, 5) is 4.49. The van der Waals surface area contributed by atoms with Crippen LogP contribution < -0.4 is 4.74 Å². The minimum atomic E-state index is -0.366. The second-order valence-corrected chi connectivity index (χ2v) is 4.87. The molecule has 2 aromatic carbocycles. The standard InChI is InChI=1S/C14H10FNOS/c1-17-12-7-6-9(8-10(12)15)14-16-11-4-2-3-5-13(11)18-14/h2-8H,1H3. The van der Waals surface area contributed by atoms with Crippen LogP contribution in [-0.2, 0) is 0 Å². The van der Waals surface area contributed by atoms with E-state index in [2.05, 4.69) is 4.98 Å². The van der Waals surface area contributed by atoms with Crippen molar-refractivity contribution in [3.05, 3.63) is 48.3 Å². The highest BCUT2D eigenvalue weighted by Gasteiger charge is 2.09. The number of rotatable bonds is 2. The Labute approximate surface area is 108 Å². The maximum atomic E-state index is 13.6. The van der Waals surface area contributed by atoms with Gasteiger partial charge in [0.2, 0.25) is 0 Å². The van der Waals surface area contributed by atoms with Gasteiger partial charge in [0.15, 0.2) is 11.6 Å². The van der Waals surface area contributed by atoms with Crippen molar-refractivity contribution >= 4 is 21.6 Å². The Morgan fingerprint density at radius 2 is 2.00 bits per heavy atom.